The van der Waals surface area contributed by atoms with Crippen molar-refractivity contribution < 1.29 is 19.4 Å². The van der Waals surface area contributed by atoms with Crippen molar-refractivity contribution in [3.63, 3.8) is 0 Å². The van der Waals surface area contributed by atoms with Crippen molar-refractivity contribution >= 4 is 22.8 Å². The van der Waals surface area contributed by atoms with Gasteiger partial charge in [-0.25, -0.2) is 0 Å². The van der Waals surface area contributed by atoms with Crippen molar-refractivity contribution in [2.24, 2.45) is 5.92 Å². The number of Topliss-reactive ketones (excluding diaryl/α,β-unsaturated/α-hetero) is 1. The summed E-state index contributed by atoms with van der Waals surface area (Å²) in [5, 5.41) is 11.6. The third kappa shape index (κ3) is 3.89. The Morgan fingerprint density at radius 2 is 2.12 bits per heavy atom. The molecule has 1 N–H and O–H groups in total. The summed E-state index contributed by atoms with van der Waals surface area (Å²) < 4.78 is 13.7. The summed E-state index contributed by atoms with van der Waals surface area (Å²) in [6.45, 7) is 7.70. The number of benzene rings is 2. The predicted molar refractivity (Wildman–Crippen MR) is 129 cm³/mol. The van der Waals surface area contributed by atoms with Crippen LogP contribution in [0.25, 0.3) is 17.0 Å². The normalized spacial score (nSPS) is 19.8. The minimum absolute atomic E-state index is 0.154. The minimum Gasteiger partial charge on any atom is -0.507 e. The number of hydrogen-bond acceptors (Lipinski definition) is 5. The Kier molecular flexibility index (Phi) is 5.62. The van der Waals surface area contributed by atoms with Gasteiger partial charge in [0.2, 0.25) is 5.78 Å². The summed E-state index contributed by atoms with van der Waals surface area (Å²) in [7, 11) is 1.65. The van der Waals surface area contributed by atoms with Crippen LogP contribution in [0.15, 0.2) is 42.3 Å². The average Bonchev–Trinajstić information content (AvgIpc) is 3.33. The highest BCUT2D eigenvalue weighted by Gasteiger charge is 2.32. The van der Waals surface area contributed by atoms with E-state index in [0.717, 1.165) is 48.3 Å². The number of nitrogens with zero attached hydrogens (tertiary/aromatic N) is 2. The maximum Gasteiger partial charge on any atom is 0.231 e. The summed E-state index contributed by atoms with van der Waals surface area (Å²) >= 11 is 0. The number of methoxy groups -OCH3 is 1. The van der Waals surface area contributed by atoms with Gasteiger partial charge in [0, 0.05) is 42.3 Å². The number of piperidine rings is 1. The third-order valence-corrected chi connectivity index (χ3v) is 6.79. The number of aromatic hydroxyl groups is 1. The van der Waals surface area contributed by atoms with E-state index < -0.39 is 0 Å². The Balaban J connectivity index is 1.52. The number of carbonyl (C=O) groups is 1. The van der Waals surface area contributed by atoms with Gasteiger partial charge in [-0.05, 0) is 68.6 Å². The molecule has 172 valence electrons. The van der Waals surface area contributed by atoms with E-state index in [1.807, 2.05) is 24.4 Å². The molecule has 33 heavy (non-hydrogen) atoms. The molecule has 1 fully saturated rings. The third-order valence-electron chi connectivity index (χ3n) is 6.79. The van der Waals surface area contributed by atoms with E-state index >= 15 is 0 Å². The Morgan fingerprint density at radius 3 is 2.88 bits per heavy atom. The number of rotatable bonds is 5. The van der Waals surface area contributed by atoms with Crippen molar-refractivity contribution in [1.82, 2.24) is 9.47 Å². The van der Waals surface area contributed by atoms with Crippen LogP contribution in [-0.4, -0.2) is 40.6 Å². The standard InChI is InChI=1S/C27H30N2O4/c1-4-29-15-18(21-13-19(32-3)7-9-23(21)29)12-25-26(31)20-8-10-24(30)22(27(20)33-25)16-28-11-5-6-17(2)14-28/h7-10,12-13,15,17,30H,4-6,11,14,16H2,1-3H3/t17-/m0/s1. The Hall–Kier alpha value is -3.25. The predicted octanol–water partition coefficient (Wildman–Crippen LogP) is 5.22. The summed E-state index contributed by atoms with van der Waals surface area (Å²) in [5.41, 5.74) is 3.18. The number of phenolic OH excluding ortho intramolecular Hbond substituents is 1. The quantitative estimate of drug-likeness (QED) is 0.544. The van der Waals surface area contributed by atoms with Gasteiger partial charge in [0.15, 0.2) is 5.76 Å². The first-order chi connectivity index (χ1) is 16.0. The largest absolute Gasteiger partial charge is 0.507 e. The number of hydrogen-bond donors (Lipinski definition) is 1. The van der Waals surface area contributed by atoms with Crippen molar-refractivity contribution in [1.29, 1.82) is 0 Å². The highest BCUT2D eigenvalue weighted by molar-refractivity contribution is 6.15. The van der Waals surface area contributed by atoms with E-state index in [1.54, 1.807) is 25.3 Å². The van der Waals surface area contributed by atoms with Gasteiger partial charge in [0.05, 0.1) is 18.2 Å². The van der Waals surface area contributed by atoms with E-state index in [-0.39, 0.29) is 17.3 Å². The molecule has 0 unspecified atom stereocenters. The number of phenols is 1. The molecular formula is C27H30N2O4. The highest BCUT2D eigenvalue weighted by Crippen LogP contribution is 2.41. The molecule has 1 atom stereocenters. The fourth-order valence-corrected chi connectivity index (χ4v) is 5.05. The second kappa shape index (κ2) is 8.60. The van der Waals surface area contributed by atoms with E-state index in [1.165, 1.54) is 6.42 Å². The molecule has 0 bridgehead atoms. The zero-order valence-electron chi connectivity index (χ0n) is 19.4. The van der Waals surface area contributed by atoms with Crippen LogP contribution in [0.5, 0.6) is 17.2 Å². The van der Waals surface area contributed by atoms with Crippen molar-refractivity contribution in [2.45, 2.75) is 39.8 Å². The van der Waals surface area contributed by atoms with Gasteiger partial charge in [-0.3, -0.25) is 9.69 Å². The number of likely N-dealkylation sites (tertiary alicyclic amines) is 1. The van der Waals surface area contributed by atoms with E-state index in [4.69, 9.17) is 9.47 Å². The van der Waals surface area contributed by atoms with Crippen molar-refractivity contribution in [3.05, 3.63) is 59.0 Å². The minimum atomic E-state index is -0.154. The Labute approximate surface area is 194 Å². The van der Waals surface area contributed by atoms with Gasteiger partial charge < -0.3 is 19.1 Å². The summed E-state index contributed by atoms with van der Waals surface area (Å²) in [6, 6.07) is 9.22. The lowest BCUT2D eigenvalue weighted by atomic mass is 9.99. The summed E-state index contributed by atoms with van der Waals surface area (Å²) in [4.78, 5) is 15.6. The molecular weight excluding hydrogens is 416 g/mol. The average molecular weight is 447 g/mol. The fourth-order valence-electron chi connectivity index (χ4n) is 5.05. The van der Waals surface area contributed by atoms with Crippen LogP contribution in [0.1, 0.15) is 48.2 Å². The molecule has 2 aliphatic rings. The smallest absolute Gasteiger partial charge is 0.231 e. The number of allylic oxidation sites excluding steroid dienone is 1. The van der Waals surface area contributed by atoms with E-state index in [2.05, 4.69) is 23.3 Å². The van der Waals surface area contributed by atoms with Crippen LogP contribution in [-0.2, 0) is 13.1 Å². The summed E-state index contributed by atoms with van der Waals surface area (Å²) in [5.74, 6) is 2.18. The molecule has 2 aromatic carbocycles. The van der Waals surface area contributed by atoms with Crippen LogP contribution in [0.4, 0.5) is 0 Å². The maximum atomic E-state index is 13.2. The molecule has 2 aliphatic heterocycles. The molecule has 1 saturated heterocycles. The van der Waals surface area contributed by atoms with Crippen LogP contribution in [0.3, 0.4) is 0 Å². The fraction of sp³-hybridized carbons (Fsp3) is 0.370. The lowest BCUT2D eigenvalue weighted by molar-refractivity contribution is 0.101. The number of carbonyl (C=O) groups excluding carboxylic acids is 1. The molecule has 0 radical (unpaired) electrons. The molecule has 0 spiro atoms. The van der Waals surface area contributed by atoms with E-state index in [9.17, 15) is 9.90 Å². The SMILES string of the molecule is CCn1cc(C=C2Oc3c(ccc(O)c3CN3CCC[C@H](C)C3)C2=O)c2cc(OC)ccc21. The van der Waals surface area contributed by atoms with Crippen LogP contribution >= 0.6 is 0 Å². The van der Waals surface area contributed by atoms with Gasteiger partial charge in [-0.2, -0.15) is 0 Å². The lowest BCUT2D eigenvalue weighted by Crippen LogP contribution is -2.33. The summed E-state index contributed by atoms with van der Waals surface area (Å²) in [6.07, 6.45) is 6.21. The first-order valence-electron chi connectivity index (χ1n) is 11.7. The zero-order valence-corrected chi connectivity index (χ0v) is 19.4. The molecule has 0 saturated carbocycles. The first kappa shape index (κ1) is 21.6. The molecule has 0 aliphatic carbocycles. The van der Waals surface area contributed by atoms with Crippen molar-refractivity contribution in [3.8, 4) is 17.2 Å². The molecule has 1 aromatic heterocycles. The molecule has 6 nitrogen and oxygen atoms in total. The monoisotopic (exact) mass is 446 g/mol. The van der Waals surface area contributed by atoms with Crippen LogP contribution in [0, 0.1) is 5.92 Å². The molecule has 3 heterocycles. The van der Waals surface area contributed by atoms with Crippen LogP contribution < -0.4 is 9.47 Å². The second-order valence-electron chi connectivity index (χ2n) is 9.12. The highest BCUT2D eigenvalue weighted by atomic mass is 16.5. The molecule has 6 heteroatoms. The van der Waals surface area contributed by atoms with Crippen LogP contribution in [0.2, 0.25) is 0 Å². The van der Waals surface area contributed by atoms with Gasteiger partial charge >= 0.3 is 0 Å². The van der Waals surface area contributed by atoms with Gasteiger partial charge in [0.1, 0.15) is 17.2 Å². The lowest BCUT2D eigenvalue weighted by Gasteiger charge is -2.31. The number of ether oxygens (including phenoxy) is 2. The zero-order chi connectivity index (χ0) is 23.1. The van der Waals surface area contributed by atoms with Crippen molar-refractivity contribution in [2.75, 3.05) is 20.2 Å². The molecule has 0 amide bonds. The number of aryl methyl sites for hydroxylation is 1. The second-order valence-corrected chi connectivity index (χ2v) is 9.12. The topological polar surface area (TPSA) is 63.9 Å². The van der Waals surface area contributed by atoms with Gasteiger partial charge in [-0.1, -0.05) is 6.92 Å². The number of aromatic nitrogens is 1. The van der Waals surface area contributed by atoms with E-state index in [0.29, 0.717) is 29.3 Å². The number of ketones is 1. The molecule has 5 rings (SSSR count). The number of fused-ring (bicyclic) bond motifs is 2. The maximum absolute atomic E-state index is 13.2. The molecule has 3 aromatic rings. The van der Waals surface area contributed by atoms with Gasteiger partial charge in [0.25, 0.3) is 0 Å². The van der Waals surface area contributed by atoms with Gasteiger partial charge in [-0.15, -0.1) is 0 Å². The Morgan fingerprint density at radius 1 is 1.27 bits per heavy atom. The first-order valence-corrected chi connectivity index (χ1v) is 11.7. The Bertz CT molecular complexity index is 1260.